The van der Waals surface area contributed by atoms with Gasteiger partial charge in [-0.2, -0.15) is 10.4 Å². The summed E-state index contributed by atoms with van der Waals surface area (Å²) < 4.78 is 29.9. The molecule has 1 aliphatic heterocycles. The first-order valence-electron chi connectivity index (χ1n) is 10.3. The van der Waals surface area contributed by atoms with Crippen LogP contribution in [0, 0.1) is 23.0 Å². The number of rotatable bonds is 3. The number of H-pyrrole nitrogens is 1. The molecule has 2 aromatic heterocycles. The van der Waals surface area contributed by atoms with Crippen LogP contribution in [0.15, 0.2) is 36.4 Å². The van der Waals surface area contributed by atoms with Crippen molar-refractivity contribution in [3.05, 3.63) is 53.6 Å². The molecule has 4 aromatic rings. The van der Waals surface area contributed by atoms with Gasteiger partial charge < -0.3 is 21.1 Å². The van der Waals surface area contributed by atoms with Gasteiger partial charge >= 0.3 is 0 Å². The molecule has 0 bridgehead atoms. The van der Waals surface area contributed by atoms with Crippen molar-refractivity contribution in [3.8, 4) is 34.2 Å². The van der Waals surface area contributed by atoms with Crippen LogP contribution < -0.4 is 16.0 Å². The van der Waals surface area contributed by atoms with Gasteiger partial charge in [0.1, 0.15) is 29.3 Å². The lowest BCUT2D eigenvalue weighted by Gasteiger charge is -2.29. The average Bonchev–Trinajstić information content (AvgIpc) is 3.18. The summed E-state index contributed by atoms with van der Waals surface area (Å²) in [6.45, 7) is 2.88. The van der Waals surface area contributed by atoms with Gasteiger partial charge in [-0.1, -0.05) is 6.07 Å². The molecule has 0 unspecified atom stereocenters. The second-order valence-electron chi connectivity index (χ2n) is 7.73. The number of anilines is 2. The van der Waals surface area contributed by atoms with Crippen LogP contribution in [0.1, 0.15) is 5.56 Å². The summed E-state index contributed by atoms with van der Waals surface area (Å²) in [6.07, 6.45) is 0. The summed E-state index contributed by atoms with van der Waals surface area (Å²) in [5.74, 6) is -1.30. The van der Waals surface area contributed by atoms with E-state index in [4.69, 9.17) is 5.73 Å². The van der Waals surface area contributed by atoms with Crippen molar-refractivity contribution in [1.29, 1.82) is 5.26 Å². The van der Waals surface area contributed by atoms with E-state index in [2.05, 4.69) is 26.6 Å². The third-order valence-electron chi connectivity index (χ3n) is 5.74. The Kier molecular flexibility index (Phi) is 6.24. The Morgan fingerprint density at radius 1 is 1.09 bits per heavy atom. The van der Waals surface area contributed by atoms with Crippen molar-refractivity contribution in [2.45, 2.75) is 0 Å². The number of fused-ring (bicyclic) bond motifs is 1. The molecule has 1 fully saturated rings. The van der Waals surface area contributed by atoms with Crippen LogP contribution in [-0.2, 0) is 0 Å². The van der Waals surface area contributed by atoms with Crippen LogP contribution in [0.4, 0.5) is 20.3 Å². The smallest absolute Gasteiger partial charge is 0.184 e. The van der Waals surface area contributed by atoms with Crippen molar-refractivity contribution in [2.75, 3.05) is 36.8 Å². The standard InChI is InChI=1S/C23H19F2N7O.ClH/c24-16-10-13(33)2-3-14(16)21-15(11-26)19(20-22(27)30-31-23(20)29-21)12-1-4-18(17(25)9-12)32-7-5-28-6-8-32;/h1-4,9-10,28,33H,5-8H2,(H3,27,29,30,31);1H. The Labute approximate surface area is 199 Å². The van der Waals surface area contributed by atoms with Crippen LogP contribution in [0.2, 0.25) is 0 Å². The maximum absolute atomic E-state index is 15.2. The summed E-state index contributed by atoms with van der Waals surface area (Å²) in [5, 5.41) is 29.9. The molecule has 0 aliphatic carbocycles. The predicted octanol–water partition coefficient (Wildman–Crippen LogP) is 3.56. The van der Waals surface area contributed by atoms with E-state index in [0.29, 0.717) is 35.3 Å². The minimum Gasteiger partial charge on any atom is -0.508 e. The number of phenolic OH excluding ortho intramolecular Hbond substituents is 1. The number of benzene rings is 2. The van der Waals surface area contributed by atoms with E-state index in [1.807, 2.05) is 4.90 Å². The van der Waals surface area contributed by atoms with Gasteiger partial charge in [0.05, 0.1) is 22.3 Å². The summed E-state index contributed by atoms with van der Waals surface area (Å²) >= 11 is 0. The van der Waals surface area contributed by atoms with E-state index in [9.17, 15) is 14.8 Å². The number of pyridine rings is 1. The zero-order valence-electron chi connectivity index (χ0n) is 17.8. The number of nitrogens with two attached hydrogens (primary N) is 1. The molecule has 34 heavy (non-hydrogen) atoms. The normalized spacial score (nSPS) is 13.5. The number of halogens is 3. The summed E-state index contributed by atoms with van der Waals surface area (Å²) in [7, 11) is 0. The number of nitrogens with zero attached hydrogens (tertiary/aromatic N) is 4. The summed E-state index contributed by atoms with van der Waals surface area (Å²) in [4.78, 5) is 6.30. The Morgan fingerprint density at radius 2 is 1.85 bits per heavy atom. The quantitative estimate of drug-likeness (QED) is 0.351. The maximum Gasteiger partial charge on any atom is 0.184 e. The highest BCUT2D eigenvalue weighted by Gasteiger charge is 2.24. The first-order chi connectivity index (χ1) is 16.0. The molecular weight excluding hydrogens is 464 g/mol. The largest absolute Gasteiger partial charge is 0.508 e. The first kappa shape index (κ1) is 23.2. The molecule has 11 heteroatoms. The van der Waals surface area contributed by atoms with E-state index in [1.165, 1.54) is 18.2 Å². The monoisotopic (exact) mass is 483 g/mol. The van der Waals surface area contributed by atoms with Crippen molar-refractivity contribution in [1.82, 2.24) is 20.5 Å². The molecule has 0 atom stereocenters. The minimum absolute atomic E-state index is 0. The number of hydrogen-bond acceptors (Lipinski definition) is 7. The lowest BCUT2D eigenvalue weighted by Crippen LogP contribution is -2.43. The molecule has 2 aromatic carbocycles. The van der Waals surface area contributed by atoms with Crippen molar-refractivity contribution >= 4 is 34.9 Å². The van der Waals surface area contributed by atoms with Gasteiger partial charge in [-0.05, 0) is 29.8 Å². The van der Waals surface area contributed by atoms with Crippen molar-refractivity contribution in [3.63, 3.8) is 0 Å². The Balaban J connectivity index is 0.00000274. The fourth-order valence-corrected chi connectivity index (χ4v) is 4.19. The van der Waals surface area contributed by atoms with E-state index in [0.717, 1.165) is 19.2 Å². The first-order valence-corrected chi connectivity index (χ1v) is 10.3. The van der Waals surface area contributed by atoms with Gasteiger partial charge in [-0.3, -0.25) is 5.10 Å². The Bertz CT molecular complexity index is 1430. The number of nitrogens with one attached hydrogen (secondary N) is 2. The lowest BCUT2D eigenvalue weighted by atomic mass is 9.93. The number of piperazine rings is 1. The third kappa shape index (κ3) is 3.85. The Hall–Kier alpha value is -3.94. The average molecular weight is 484 g/mol. The van der Waals surface area contributed by atoms with E-state index in [-0.39, 0.29) is 46.4 Å². The van der Waals surface area contributed by atoms with Gasteiger partial charge in [-0.25, -0.2) is 13.8 Å². The van der Waals surface area contributed by atoms with Gasteiger partial charge in [0.15, 0.2) is 5.65 Å². The minimum atomic E-state index is -0.756. The molecule has 3 heterocycles. The van der Waals surface area contributed by atoms with E-state index < -0.39 is 11.6 Å². The molecular formula is C23H20ClF2N7O. The molecule has 0 amide bonds. The molecule has 5 N–H and O–H groups in total. The molecule has 8 nitrogen and oxygen atoms in total. The molecule has 5 rings (SSSR count). The van der Waals surface area contributed by atoms with Crippen LogP contribution in [0.3, 0.4) is 0 Å². The number of aromatic amines is 1. The molecule has 0 spiro atoms. The molecule has 0 radical (unpaired) electrons. The highest BCUT2D eigenvalue weighted by Crippen LogP contribution is 2.40. The van der Waals surface area contributed by atoms with Crippen molar-refractivity contribution < 1.29 is 13.9 Å². The second-order valence-corrected chi connectivity index (χ2v) is 7.73. The zero-order chi connectivity index (χ0) is 23.1. The third-order valence-corrected chi connectivity index (χ3v) is 5.74. The van der Waals surface area contributed by atoms with E-state index >= 15 is 4.39 Å². The lowest BCUT2D eigenvalue weighted by molar-refractivity contribution is 0.469. The predicted molar refractivity (Wildman–Crippen MR) is 128 cm³/mol. The summed E-state index contributed by atoms with van der Waals surface area (Å²) in [6, 6.07) is 10.4. The number of aromatic hydroxyl groups is 1. The fraction of sp³-hybridized carbons (Fsp3) is 0.174. The topological polar surface area (TPSA) is 127 Å². The summed E-state index contributed by atoms with van der Waals surface area (Å²) in [5.41, 5.74) is 7.46. The second kappa shape index (κ2) is 9.13. The zero-order valence-corrected chi connectivity index (χ0v) is 18.6. The molecule has 1 aliphatic rings. The number of phenols is 1. The van der Waals surface area contributed by atoms with E-state index in [1.54, 1.807) is 12.1 Å². The van der Waals surface area contributed by atoms with Crippen LogP contribution in [-0.4, -0.2) is 46.5 Å². The van der Waals surface area contributed by atoms with Gasteiger partial charge in [-0.15, -0.1) is 12.4 Å². The highest BCUT2D eigenvalue weighted by molar-refractivity contribution is 6.04. The number of hydrogen-bond donors (Lipinski definition) is 4. The number of nitriles is 1. The van der Waals surface area contributed by atoms with Crippen LogP contribution >= 0.6 is 12.4 Å². The maximum atomic E-state index is 15.2. The SMILES string of the molecule is Cl.N#Cc1c(-c2ccc(O)cc2F)nc2n[nH]c(N)c2c1-c1ccc(N2CCNCC2)c(F)c1. The number of nitrogen functional groups attached to an aromatic ring is 1. The van der Waals surface area contributed by atoms with Gasteiger partial charge in [0.2, 0.25) is 0 Å². The highest BCUT2D eigenvalue weighted by atomic mass is 35.5. The Morgan fingerprint density at radius 3 is 2.53 bits per heavy atom. The molecule has 0 saturated carbocycles. The van der Waals surface area contributed by atoms with Crippen molar-refractivity contribution in [2.24, 2.45) is 0 Å². The molecule has 174 valence electrons. The molecule has 1 saturated heterocycles. The van der Waals surface area contributed by atoms with Gasteiger partial charge in [0.25, 0.3) is 0 Å². The fourth-order valence-electron chi connectivity index (χ4n) is 4.19. The van der Waals surface area contributed by atoms with Crippen LogP contribution in [0.25, 0.3) is 33.4 Å². The van der Waals surface area contributed by atoms with Gasteiger partial charge in [0, 0.05) is 43.4 Å². The number of aromatic nitrogens is 3. The van der Waals surface area contributed by atoms with Crippen LogP contribution in [0.5, 0.6) is 5.75 Å².